The summed E-state index contributed by atoms with van der Waals surface area (Å²) in [4.78, 5) is 31.4. The first-order chi connectivity index (χ1) is 17.0. The number of aromatic nitrogens is 2. The van der Waals surface area contributed by atoms with Crippen LogP contribution in [0, 0.1) is 5.82 Å². The summed E-state index contributed by atoms with van der Waals surface area (Å²) in [6.45, 7) is 4.91. The van der Waals surface area contributed by atoms with E-state index in [9.17, 15) is 14.0 Å². The summed E-state index contributed by atoms with van der Waals surface area (Å²) < 4.78 is 13.6. The van der Waals surface area contributed by atoms with Crippen LogP contribution in [0.2, 0.25) is 0 Å². The van der Waals surface area contributed by atoms with E-state index in [1.807, 2.05) is 49.4 Å². The van der Waals surface area contributed by atoms with Crippen molar-refractivity contribution < 1.29 is 14.0 Å². The van der Waals surface area contributed by atoms with Crippen molar-refractivity contribution in [2.24, 2.45) is 0 Å². The number of benzene rings is 2. The number of carbonyl (C=O) groups excluding carboxylic acids is 2. The number of hydrogen-bond acceptors (Lipinski definition) is 5. The van der Waals surface area contributed by atoms with Crippen molar-refractivity contribution in [3.8, 4) is 11.3 Å². The van der Waals surface area contributed by atoms with Crippen LogP contribution < -0.4 is 4.90 Å². The van der Waals surface area contributed by atoms with Crippen molar-refractivity contribution in [3.63, 3.8) is 0 Å². The fourth-order valence-electron chi connectivity index (χ4n) is 4.24. The Labute approximate surface area is 205 Å². The molecule has 2 heterocycles. The molecule has 0 unspecified atom stereocenters. The molecule has 0 aliphatic carbocycles. The highest BCUT2D eigenvalue weighted by molar-refractivity contribution is 5.96. The molecule has 182 valence electrons. The minimum absolute atomic E-state index is 0.0191. The number of nitrogens with zero attached hydrogens (tertiary/aromatic N) is 5. The van der Waals surface area contributed by atoms with Crippen LogP contribution in [-0.4, -0.2) is 71.1 Å². The lowest BCUT2D eigenvalue weighted by molar-refractivity contribution is -0.131. The van der Waals surface area contributed by atoms with E-state index in [4.69, 9.17) is 0 Å². The van der Waals surface area contributed by atoms with Gasteiger partial charge in [-0.3, -0.25) is 9.59 Å². The van der Waals surface area contributed by atoms with Crippen LogP contribution >= 0.6 is 0 Å². The fraction of sp³-hybridized carbons (Fsp3) is 0.333. The third-order valence-electron chi connectivity index (χ3n) is 6.07. The molecule has 0 N–H and O–H groups in total. The molecule has 1 aliphatic heterocycles. The quantitative estimate of drug-likeness (QED) is 0.519. The van der Waals surface area contributed by atoms with Crippen LogP contribution in [0.25, 0.3) is 11.3 Å². The van der Waals surface area contributed by atoms with Crippen molar-refractivity contribution in [2.45, 2.75) is 19.8 Å². The SMILES string of the molecule is CCCN(CC(=O)N1CCCN(c2ccc(-c3ccccc3)nn2)CC1)C(=O)c1cccc(F)c1. The Morgan fingerprint density at radius 1 is 0.943 bits per heavy atom. The van der Waals surface area contributed by atoms with Crippen molar-refractivity contribution in [1.29, 1.82) is 0 Å². The predicted octanol–water partition coefficient (Wildman–Crippen LogP) is 3.87. The summed E-state index contributed by atoms with van der Waals surface area (Å²) in [5, 5.41) is 8.80. The Morgan fingerprint density at radius 2 is 1.77 bits per heavy atom. The molecule has 0 spiro atoms. The molecule has 0 bridgehead atoms. The molecule has 8 heteroatoms. The van der Waals surface area contributed by atoms with Gasteiger partial charge in [-0.2, -0.15) is 0 Å². The number of anilines is 1. The number of carbonyl (C=O) groups is 2. The van der Waals surface area contributed by atoms with E-state index in [2.05, 4.69) is 15.1 Å². The Bertz CT molecular complexity index is 1140. The normalized spacial score (nSPS) is 13.9. The molecule has 3 aromatic rings. The van der Waals surface area contributed by atoms with E-state index in [0.717, 1.165) is 30.0 Å². The molecule has 0 atom stereocenters. The minimum Gasteiger partial charge on any atom is -0.353 e. The van der Waals surface area contributed by atoms with Gasteiger partial charge in [0.2, 0.25) is 5.91 Å². The third kappa shape index (κ3) is 6.20. The molecular weight excluding hydrogens is 445 g/mol. The maximum Gasteiger partial charge on any atom is 0.254 e. The lowest BCUT2D eigenvalue weighted by Gasteiger charge is -2.27. The molecule has 2 amide bonds. The van der Waals surface area contributed by atoms with Gasteiger partial charge in [-0.05, 0) is 43.2 Å². The minimum atomic E-state index is -0.467. The largest absolute Gasteiger partial charge is 0.353 e. The zero-order valence-electron chi connectivity index (χ0n) is 19.9. The molecule has 0 radical (unpaired) electrons. The van der Waals surface area contributed by atoms with Gasteiger partial charge >= 0.3 is 0 Å². The van der Waals surface area contributed by atoms with Crippen LogP contribution in [0.4, 0.5) is 10.2 Å². The van der Waals surface area contributed by atoms with E-state index in [1.54, 1.807) is 11.0 Å². The molecule has 1 fully saturated rings. The average Bonchev–Trinajstić information content (AvgIpc) is 3.15. The monoisotopic (exact) mass is 475 g/mol. The van der Waals surface area contributed by atoms with Crippen LogP contribution in [0.5, 0.6) is 0 Å². The zero-order valence-corrected chi connectivity index (χ0v) is 19.9. The predicted molar refractivity (Wildman–Crippen MR) is 133 cm³/mol. The highest BCUT2D eigenvalue weighted by atomic mass is 19.1. The van der Waals surface area contributed by atoms with Crippen molar-refractivity contribution in [3.05, 3.63) is 78.1 Å². The van der Waals surface area contributed by atoms with E-state index < -0.39 is 5.82 Å². The Morgan fingerprint density at radius 3 is 2.49 bits per heavy atom. The second-order valence-corrected chi connectivity index (χ2v) is 8.60. The summed E-state index contributed by atoms with van der Waals surface area (Å²) in [5.74, 6) is -0.112. The van der Waals surface area contributed by atoms with Crippen molar-refractivity contribution in [1.82, 2.24) is 20.0 Å². The summed E-state index contributed by atoms with van der Waals surface area (Å²) in [6, 6.07) is 19.4. The van der Waals surface area contributed by atoms with Gasteiger partial charge in [0.15, 0.2) is 5.82 Å². The first-order valence-electron chi connectivity index (χ1n) is 12.0. The van der Waals surface area contributed by atoms with Gasteiger partial charge in [-0.15, -0.1) is 10.2 Å². The van der Waals surface area contributed by atoms with Crippen LogP contribution in [0.3, 0.4) is 0 Å². The number of halogens is 1. The molecule has 1 saturated heterocycles. The highest BCUT2D eigenvalue weighted by Crippen LogP contribution is 2.19. The lowest BCUT2D eigenvalue weighted by Crippen LogP contribution is -2.44. The molecule has 7 nitrogen and oxygen atoms in total. The molecule has 2 aromatic carbocycles. The Kier molecular flexibility index (Phi) is 8.03. The average molecular weight is 476 g/mol. The standard InChI is InChI=1S/C27H30FN5O2/c1-2-14-33(27(35)22-10-6-11-23(28)19-22)20-26(34)32-16-7-15-31(17-18-32)25-13-12-24(29-30-25)21-8-4-3-5-9-21/h3-6,8-13,19H,2,7,14-18,20H2,1H3. The van der Waals surface area contributed by atoms with Gasteiger partial charge < -0.3 is 14.7 Å². The maximum atomic E-state index is 13.6. The van der Waals surface area contributed by atoms with E-state index >= 15 is 0 Å². The third-order valence-corrected chi connectivity index (χ3v) is 6.07. The molecular formula is C27H30FN5O2. The molecule has 1 aromatic heterocycles. The van der Waals surface area contributed by atoms with Crippen LogP contribution in [-0.2, 0) is 4.79 Å². The highest BCUT2D eigenvalue weighted by Gasteiger charge is 2.24. The van der Waals surface area contributed by atoms with Crippen LogP contribution in [0.1, 0.15) is 30.1 Å². The van der Waals surface area contributed by atoms with E-state index in [0.29, 0.717) is 32.6 Å². The van der Waals surface area contributed by atoms with Gasteiger partial charge in [0, 0.05) is 43.9 Å². The Balaban J connectivity index is 1.37. The summed E-state index contributed by atoms with van der Waals surface area (Å²) in [5.41, 5.74) is 2.09. The number of amides is 2. The fourth-order valence-corrected chi connectivity index (χ4v) is 4.24. The second-order valence-electron chi connectivity index (χ2n) is 8.60. The van der Waals surface area contributed by atoms with Gasteiger partial charge in [0.1, 0.15) is 12.4 Å². The maximum absolute atomic E-state index is 13.6. The lowest BCUT2D eigenvalue weighted by atomic mass is 10.1. The number of rotatable bonds is 7. The number of hydrogen-bond donors (Lipinski definition) is 0. The van der Waals surface area contributed by atoms with Gasteiger partial charge in [0.05, 0.1) is 5.69 Å². The van der Waals surface area contributed by atoms with Gasteiger partial charge in [-0.25, -0.2) is 4.39 Å². The molecule has 35 heavy (non-hydrogen) atoms. The summed E-state index contributed by atoms with van der Waals surface area (Å²) >= 11 is 0. The zero-order chi connectivity index (χ0) is 24.6. The summed E-state index contributed by atoms with van der Waals surface area (Å²) in [6.07, 6.45) is 1.50. The second kappa shape index (κ2) is 11.6. The summed E-state index contributed by atoms with van der Waals surface area (Å²) in [7, 11) is 0. The van der Waals surface area contributed by atoms with E-state index in [1.165, 1.54) is 23.1 Å². The van der Waals surface area contributed by atoms with Gasteiger partial charge in [-0.1, -0.05) is 43.3 Å². The molecule has 1 aliphatic rings. The topological polar surface area (TPSA) is 69.6 Å². The van der Waals surface area contributed by atoms with Crippen molar-refractivity contribution in [2.75, 3.05) is 44.2 Å². The first kappa shape index (κ1) is 24.3. The smallest absolute Gasteiger partial charge is 0.254 e. The van der Waals surface area contributed by atoms with Gasteiger partial charge in [0.25, 0.3) is 5.91 Å². The first-order valence-corrected chi connectivity index (χ1v) is 12.0. The van der Waals surface area contributed by atoms with E-state index in [-0.39, 0.29) is 23.9 Å². The van der Waals surface area contributed by atoms with Crippen molar-refractivity contribution >= 4 is 17.6 Å². The Hall–Kier alpha value is -3.81. The molecule has 0 saturated carbocycles. The van der Waals surface area contributed by atoms with Crippen LogP contribution in [0.15, 0.2) is 66.7 Å². The molecule has 4 rings (SSSR count).